The van der Waals surface area contributed by atoms with Crippen molar-refractivity contribution in [3.63, 3.8) is 0 Å². The molecule has 10 heavy (non-hydrogen) atoms. The molecular formula is C6H14O4. The van der Waals surface area contributed by atoms with Crippen molar-refractivity contribution in [2.24, 2.45) is 0 Å². The number of aliphatic hydroxyl groups is 4. The van der Waals surface area contributed by atoms with Crippen LogP contribution in [0.4, 0.5) is 0 Å². The van der Waals surface area contributed by atoms with Crippen LogP contribution < -0.4 is 0 Å². The summed E-state index contributed by atoms with van der Waals surface area (Å²) >= 11 is 0. The number of hydrogen-bond acceptors (Lipinski definition) is 4. The lowest BCUT2D eigenvalue weighted by molar-refractivity contribution is -0.0338. The molecule has 0 aliphatic carbocycles. The molecule has 4 N–H and O–H groups in total. The predicted octanol–water partition coefficient (Wildman–Crippen LogP) is -1.53. The summed E-state index contributed by atoms with van der Waals surface area (Å²) in [6.07, 6.45) is -2.75. The zero-order valence-corrected chi connectivity index (χ0v) is 5.94. The maximum Gasteiger partial charge on any atom is 0.103 e. The second kappa shape index (κ2) is 4.62. The zero-order chi connectivity index (χ0) is 8.15. The van der Waals surface area contributed by atoms with E-state index in [9.17, 15) is 0 Å². The molecule has 0 rings (SSSR count). The second-order valence-electron chi connectivity index (χ2n) is 2.40. The Hall–Kier alpha value is -0.160. The first-order valence-corrected chi connectivity index (χ1v) is 3.23. The molecule has 0 aromatic rings. The van der Waals surface area contributed by atoms with Crippen LogP contribution in [0.15, 0.2) is 0 Å². The number of rotatable bonds is 4. The van der Waals surface area contributed by atoms with Gasteiger partial charge in [-0.05, 0) is 6.92 Å². The minimum absolute atomic E-state index is 0.0850. The topological polar surface area (TPSA) is 80.9 Å². The van der Waals surface area contributed by atoms with Crippen molar-refractivity contribution in [2.45, 2.75) is 31.7 Å². The van der Waals surface area contributed by atoms with Crippen LogP contribution in [0.25, 0.3) is 0 Å². The van der Waals surface area contributed by atoms with Crippen LogP contribution in [0.3, 0.4) is 0 Å². The molecule has 0 saturated carbocycles. The quantitative estimate of drug-likeness (QED) is 0.392. The van der Waals surface area contributed by atoms with Crippen molar-refractivity contribution in [1.82, 2.24) is 0 Å². The summed E-state index contributed by atoms with van der Waals surface area (Å²) in [5.41, 5.74) is 0. The molecule has 0 saturated heterocycles. The zero-order valence-electron chi connectivity index (χ0n) is 5.94. The summed E-state index contributed by atoms with van der Waals surface area (Å²) in [7, 11) is 0. The Labute approximate surface area is 59.7 Å². The van der Waals surface area contributed by atoms with Crippen molar-refractivity contribution in [3.05, 3.63) is 0 Å². The normalized spacial score (nSPS) is 20.1. The standard InChI is InChI=1S/C6H14O4/c1-4(8)2-5(9)6(10)3-7/h4-10H,2-3H2,1H3/t4-,5?,6?/m1/s1. The number of aliphatic hydroxyl groups excluding tert-OH is 4. The first kappa shape index (κ1) is 9.84. The van der Waals surface area contributed by atoms with Crippen LogP contribution in [-0.4, -0.2) is 45.3 Å². The van der Waals surface area contributed by atoms with Gasteiger partial charge in [0.2, 0.25) is 0 Å². The van der Waals surface area contributed by atoms with Gasteiger partial charge in [0.1, 0.15) is 6.10 Å². The molecular weight excluding hydrogens is 136 g/mol. The molecule has 0 aromatic carbocycles. The molecule has 0 bridgehead atoms. The first-order valence-electron chi connectivity index (χ1n) is 3.23. The van der Waals surface area contributed by atoms with Gasteiger partial charge in [0.05, 0.1) is 18.8 Å². The van der Waals surface area contributed by atoms with Gasteiger partial charge < -0.3 is 20.4 Å². The molecule has 0 heterocycles. The highest BCUT2D eigenvalue weighted by Crippen LogP contribution is 2.01. The lowest BCUT2D eigenvalue weighted by atomic mass is 10.1. The largest absolute Gasteiger partial charge is 0.394 e. The highest BCUT2D eigenvalue weighted by molar-refractivity contribution is 4.67. The average molecular weight is 150 g/mol. The summed E-state index contributed by atoms with van der Waals surface area (Å²) in [6, 6.07) is 0. The molecule has 3 atom stereocenters. The summed E-state index contributed by atoms with van der Waals surface area (Å²) in [5.74, 6) is 0. The van der Waals surface area contributed by atoms with E-state index < -0.39 is 24.9 Å². The molecule has 4 heteroatoms. The van der Waals surface area contributed by atoms with Gasteiger partial charge in [0, 0.05) is 6.42 Å². The molecule has 2 unspecified atom stereocenters. The highest BCUT2D eigenvalue weighted by Gasteiger charge is 2.16. The van der Waals surface area contributed by atoms with Crippen LogP contribution in [0.1, 0.15) is 13.3 Å². The summed E-state index contributed by atoms with van der Waals surface area (Å²) in [4.78, 5) is 0. The Morgan fingerprint density at radius 3 is 1.90 bits per heavy atom. The fraction of sp³-hybridized carbons (Fsp3) is 1.00. The van der Waals surface area contributed by atoms with Gasteiger partial charge in [-0.3, -0.25) is 0 Å². The maximum absolute atomic E-state index is 8.92. The SMILES string of the molecule is C[C@@H](O)CC(O)C(O)CO. The molecule has 0 amide bonds. The third kappa shape index (κ3) is 3.79. The van der Waals surface area contributed by atoms with Crippen LogP contribution in [0.5, 0.6) is 0 Å². The Bertz CT molecular complexity index is 83.8. The van der Waals surface area contributed by atoms with Crippen LogP contribution >= 0.6 is 0 Å². The van der Waals surface area contributed by atoms with Crippen LogP contribution in [-0.2, 0) is 0 Å². The van der Waals surface area contributed by atoms with Crippen molar-refractivity contribution in [3.8, 4) is 0 Å². The molecule has 0 radical (unpaired) electrons. The Kier molecular flexibility index (Phi) is 4.55. The smallest absolute Gasteiger partial charge is 0.103 e. The minimum Gasteiger partial charge on any atom is -0.394 e. The lowest BCUT2D eigenvalue weighted by Gasteiger charge is -2.16. The average Bonchev–Trinajstić information content (AvgIpc) is 1.85. The second-order valence-corrected chi connectivity index (χ2v) is 2.40. The predicted molar refractivity (Wildman–Crippen MR) is 35.4 cm³/mol. The molecule has 0 fully saturated rings. The fourth-order valence-electron chi connectivity index (χ4n) is 0.628. The minimum atomic E-state index is -1.14. The van der Waals surface area contributed by atoms with Crippen LogP contribution in [0.2, 0.25) is 0 Å². The van der Waals surface area contributed by atoms with Crippen molar-refractivity contribution >= 4 is 0 Å². The summed E-state index contributed by atoms with van der Waals surface area (Å²) in [5, 5.41) is 34.7. The Balaban J connectivity index is 3.50. The van der Waals surface area contributed by atoms with Gasteiger partial charge >= 0.3 is 0 Å². The van der Waals surface area contributed by atoms with E-state index in [4.69, 9.17) is 20.4 Å². The van der Waals surface area contributed by atoms with E-state index in [1.54, 1.807) is 0 Å². The van der Waals surface area contributed by atoms with Gasteiger partial charge in [0.15, 0.2) is 0 Å². The van der Waals surface area contributed by atoms with E-state index in [0.29, 0.717) is 0 Å². The van der Waals surface area contributed by atoms with Crippen LogP contribution in [0, 0.1) is 0 Å². The van der Waals surface area contributed by atoms with Crippen molar-refractivity contribution in [2.75, 3.05) is 6.61 Å². The van der Waals surface area contributed by atoms with E-state index in [0.717, 1.165) is 0 Å². The molecule has 0 spiro atoms. The Morgan fingerprint density at radius 1 is 1.10 bits per heavy atom. The number of hydrogen-bond donors (Lipinski definition) is 4. The van der Waals surface area contributed by atoms with Gasteiger partial charge in [-0.1, -0.05) is 0 Å². The Morgan fingerprint density at radius 2 is 1.60 bits per heavy atom. The van der Waals surface area contributed by atoms with Gasteiger partial charge in [0.25, 0.3) is 0 Å². The molecule has 62 valence electrons. The highest BCUT2D eigenvalue weighted by atomic mass is 16.4. The van der Waals surface area contributed by atoms with E-state index >= 15 is 0 Å². The molecule has 0 aliphatic heterocycles. The third-order valence-electron chi connectivity index (χ3n) is 1.21. The third-order valence-corrected chi connectivity index (χ3v) is 1.21. The van der Waals surface area contributed by atoms with Gasteiger partial charge in [-0.2, -0.15) is 0 Å². The molecule has 0 aliphatic rings. The molecule has 4 nitrogen and oxygen atoms in total. The summed E-state index contributed by atoms with van der Waals surface area (Å²) in [6.45, 7) is 1.03. The fourth-order valence-corrected chi connectivity index (χ4v) is 0.628. The van der Waals surface area contributed by atoms with E-state index in [-0.39, 0.29) is 6.42 Å². The monoisotopic (exact) mass is 150 g/mol. The summed E-state index contributed by atoms with van der Waals surface area (Å²) < 4.78 is 0. The first-order chi connectivity index (χ1) is 4.57. The van der Waals surface area contributed by atoms with Gasteiger partial charge in [-0.25, -0.2) is 0 Å². The lowest BCUT2D eigenvalue weighted by Crippen LogP contribution is -2.31. The van der Waals surface area contributed by atoms with Crippen molar-refractivity contribution in [1.29, 1.82) is 0 Å². The maximum atomic E-state index is 8.92. The van der Waals surface area contributed by atoms with Crippen molar-refractivity contribution < 1.29 is 20.4 Å². The molecule has 0 aromatic heterocycles. The van der Waals surface area contributed by atoms with Gasteiger partial charge in [-0.15, -0.1) is 0 Å². The van der Waals surface area contributed by atoms with E-state index in [2.05, 4.69) is 0 Å². The van der Waals surface area contributed by atoms with E-state index in [1.165, 1.54) is 6.92 Å². The van der Waals surface area contributed by atoms with E-state index in [1.807, 2.05) is 0 Å².